The zero-order valence-corrected chi connectivity index (χ0v) is 7.40. The predicted molar refractivity (Wildman–Crippen MR) is 49.6 cm³/mol. The van der Waals surface area contributed by atoms with Gasteiger partial charge >= 0.3 is 0 Å². The highest BCUT2D eigenvalue weighted by Crippen LogP contribution is 2.29. The molecular weight excluding hydrogens is 184 g/mol. The summed E-state index contributed by atoms with van der Waals surface area (Å²) in [5.74, 6) is 0.345. The van der Waals surface area contributed by atoms with Crippen molar-refractivity contribution in [3.63, 3.8) is 0 Å². The van der Waals surface area contributed by atoms with Gasteiger partial charge in [-0.25, -0.2) is 0 Å². The van der Waals surface area contributed by atoms with E-state index < -0.39 is 0 Å². The van der Waals surface area contributed by atoms with Gasteiger partial charge in [-0.05, 0) is 23.1 Å². The van der Waals surface area contributed by atoms with Crippen molar-refractivity contribution < 1.29 is 0 Å². The van der Waals surface area contributed by atoms with E-state index in [-0.39, 0.29) is 0 Å². The van der Waals surface area contributed by atoms with Crippen molar-refractivity contribution >= 4 is 17.4 Å². The van der Waals surface area contributed by atoms with Crippen molar-refractivity contribution in [1.29, 1.82) is 0 Å². The Hall–Kier alpha value is -1.62. The van der Waals surface area contributed by atoms with E-state index in [2.05, 4.69) is 14.5 Å². The van der Waals surface area contributed by atoms with Crippen LogP contribution in [0, 0.1) is 0 Å². The van der Waals surface area contributed by atoms with Crippen LogP contribution in [0.2, 0.25) is 0 Å². The van der Waals surface area contributed by atoms with Crippen LogP contribution in [0.3, 0.4) is 0 Å². The third-order valence-corrected chi connectivity index (χ3v) is 2.24. The van der Waals surface area contributed by atoms with E-state index in [1.165, 1.54) is 11.5 Å². The number of aromatic nitrogens is 2. The van der Waals surface area contributed by atoms with E-state index in [0.717, 1.165) is 11.1 Å². The molecule has 2 aromatic heterocycles. The standard InChI is InChI=1S/C8H5N4S/c9-11-8-7(5-13-12-8)6-2-1-3-10-4-6/h1-5H. The zero-order chi connectivity index (χ0) is 9.10. The lowest BCUT2D eigenvalue weighted by Gasteiger charge is -1.94. The van der Waals surface area contributed by atoms with Crippen LogP contribution in [0.15, 0.2) is 35.0 Å². The van der Waals surface area contributed by atoms with Gasteiger partial charge < -0.3 is 0 Å². The molecule has 2 aromatic rings. The van der Waals surface area contributed by atoms with Crippen molar-refractivity contribution in [1.82, 2.24) is 14.9 Å². The average Bonchev–Trinajstić information content (AvgIpc) is 2.67. The summed E-state index contributed by atoms with van der Waals surface area (Å²) in [5.41, 5.74) is 10.3. The van der Waals surface area contributed by atoms with Crippen molar-refractivity contribution in [2.24, 2.45) is 5.11 Å². The summed E-state index contributed by atoms with van der Waals surface area (Å²) in [6.07, 6.45) is 3.40. The first-order valence-corrected chi connectivity index (χ1v) is 4.45. The lowest BCUT2D eigenvalue weighted by molar-refractivity contribution is 1.25. The molecule has 13 heavy (non-hydrogen) atoms. The van der Waals surface area contributed by atoms with Gasteiger partial charge in [-0.15, -0.1) is 5.11 Å². The van der Waals surface area contributed by atoms with Gasteiger partial charge in [0.2, 0.25) is 0 Å². The molecular formula is C8H5N4S. The number of nitrogens with zero attached hydrogens (tertiary/aromatic N) is 4. The molecule has 0 aliphatic heterocycles. The molecule has 0 saturated heterocycles. The number of pyridine rings is 1. The summed E-state index contributed by atoms with van der Waals surface area (Å²) in [4.78, 5) is 3.97. The normalized spacial score (nSPS) is 9.85. The quantitative estimate of drug-likeness (QED) is 0.679. The zero-order valence-electron chi connectivity index (χ0n) is 6.58. The second-order valence-corrected chi connectivity index (χ2v) is 3.02. The fraction of sp³-hybridized carbons (Fsp3) is 0. The largest absolute Gasteiger partial charge is 0.264 e. The highest BCUT2D eigenvalue weighted by Gasteiger charge is 2.06. The Kier molecular flexibility index (Phi) is 2.09. The number of hydrogen-bond donors (Lipinski definition) is 0. The summed E-state index contributed by atoms with van der Waals surface area (Å²) in [6, 6.07) is 3.72. The van der Waals surface area contributed by atoms with Crippen LogP contribution >= 0.6 is 11.5 Å². The van der Waals surface area contributed by atoms with Gasteiger partial charge in [0.1, 0.15) is 0 Å². The van der Waals surface area contributed by atoms with E-state index in [0.29, 0.717) is 5.82 Å². The van der Waals surface area contributed by atoms with Crippen LogP contribution in [-0.2, 0) is 0 Å². The lowest BCUT2D eigenvalue weighted by Crippen LogP contribution is -1.76. The first-order chi connectivity index (χ1) is 6.42. The van der Waals surface area contributed by atoms with Crippen LogP contribution in [0.25, 0.3) is 11.1 Å². The van der Waals surface area contributed by atoms with Crippen molar-refractivity contribution in [2.45, 2.75) is 0 Å². The molecule has 0 aliphatic carbocycles. The van der Waals surface area contributed by atoms with Gasteiger partial charge in [0.25, 0.3) is 0 Å². The molecule has 0 N–H and O–H groups in total. The fourth-order valence-electron chi connectivity index (χ4n) is 1.02. The molecule has 2 rings (SSSR count). The molecule has 0 spiro atoms. The minimum absolute atomic E-state index is 0.345. The number of rotatable bonds is 2. The highest BCUT2D eigenvalue weighted by molar-refractivity contribution is 7.04. The second kappa shape index (κ2) is 3.40. The molecule has 0 aliphatic rings. The smallest absolute Gasteiger partial charge is 0.197 e. The SMILES string of the molecule is [N]=Nc1nscc1-c1cccnc1. The minimum Gasteiger partial charge on any atom is -0.264 e. The summed E-state index contributed by atoms with van der Waals surface area (Å²) >= 11 is 1.25. The van der Waals surface area contributed by atoms with E-state index in [1.807, 2.05) is 17.5 Å². The first-order valence-electron chi connectivity index (χ1n) is 3.61. The average molecular weight is 189 g/mol. The Labute approximate surface area is 78.9 Å². The summed E-state index contributed by atoms with van der Waals surface area (Å²) in [7, 11) is 0. The van der Waals surface area contributed by atoms with Gasteiger partial charge in [0, 0.05) is 28.9 Å². The van der Waals surface area contributed by atoms with Gasteiger partial charge in [-0.2, -0.15) is 4.37 Å². The van der Waals surface area contributed by atoms with Crippen molar-refractivity contribution in [2.75, 3.05) is 0 Å². The Bertz CT molecular complexity index is 409. The van der Waals surface area contributed by atoms with Crippen LogP contribution in [0.4, 0.5) is 5.82 Å². The van der Waals surface area contributed by atoms with Crippen molar-refractivity contribution in [3.05, 3.63) is 29.9 Å². The third kappa shape index (κ3) is 1.46. The summed E-state index contributed by atoms with van der Waals surface area (Å²) in [6.45, 7) is 0. The van der Waals surface area contributed by atoms with Gasteiger partial charge in [0.05, 0.1) is 0 Å². The lowest BCUT2D eigenvalue weighted by atomic mass is 10.1. The monoisotopic (exact) mass is 189 g/mol. The van der Waals surface area contributed by atoms with Crippen LogP contribution in [0.1, 0.15) is 0 Å². The van der Waals surface area contributed by atoms with Crippen molar-refractivity contribution in [3.8, 4) is 11.1 Å². The van der Waals surface area contributed by atoms with E-state index in [4.69, 9.17) is 5.53 Å². The molecule has 0 saturated carbocycles. The number of hydrogen-bond acceptors (Lipinski definition) is 4. The molecule has 0 atom stereocenters. The van der Waals surface area contributed by atoms with Gasteiger partial charge in [0.15, 0.2) is 5.82 Å². The Morgan fingerprint density at radius 2 is 2.38 bits per heavy atom. The van der Waals surface area contributed by atoms with Crippen LogP contribution in [0.5, 0.6) is 0 Å². The van der Waals surface area contributed by atoms with Crippen LogP contribution in [-0.4, -0.2) is 9.36 Å². The molecule has 5 heteroatoms. The van der Waals surface area contributed by atoms with E-state index >= 15 is 0 Å². The van der Waals surface area contributed by atoms with Gasteiger partial charge in [-0.3, -0.25) is 4.98 Å². The van der Waals surface area contributed by atoms with E-state index in [1.54, 1.807) is 12.4 Å². The maximum atomic E-state index is 8.62. The Balaban J connectivity index is 2.52. The third-order valence-electron chi connectivity index (χ3n) is 1.62. The minimum atomic E-state index is 0.345. The predicted octanol–water partition coefficient (Wildman–Crippen LogP) is 2.09. The molecule has 0 amide bonds. The highest BCUT2D eigenvalue weighted by atomic mass is 32.1. The Morgan fingerprint density at radius 1 is 1.46 bits per heavy atom. The van der Waals surface area contributed by atoms with Gasteiger partial charge in [-0.1, -0.05) is 6.07 Å². The maximum absolute atomic E-state index is 8.62. The summed E-state index contributed by atoms with van der Waals surface area (Å²) in [5, 5.41) is 4.90. The first kappa shape index (κ1) is 8.00. The maximum Gasteiger partial charge on any atom is 0.197 e. The summed E-state index contributed by atoms with van der Waals surface area (Å²) < 4.78 is 3.91. The van der Waals surface area contributed by atoms with Crippen LogP contribution < -0.4 is 5.53 Å². The molecule has 63 valence electrons. The Morgan fingerprint density at radius 3 is 3.08 bits per heavy atom. The molecule has 4 nitrogen and oxygen atoms in total. The molecule has 0 bridgehead atoms. The van der Waals surface area contributed by atoms with E-state index in [9.17, 15) is 0 Å². The molecule has 0 unspecified atom stereocenters. The topological polar surface area (TPSA) is 60.4 Å². The second-order valence-electron chi connectivity index (χ2n) is 2.39. The molecule has 0 aromatic carbocycles. The molecule has 2 heterocycles. The molecule has 0 fully saturated rings. The molecule has 1 radical (unpaired) electrons. The fourth-order valence-corrected chi connectivity index (χ4v) is 1.66.